The van der Waals surface area contributed by atoms with E-state index in [1.807, 2.05) is 47.4 Å². The van der Waals surface area contributed by atoms with E-state index >= 15 is 0 Å². The number of hydrogen-bond donors (Lipinski definition) is 1. The number of rotatable bonds is 6. The summed E-state index contributed by atoms with van der Waals surface area (Å²) >= 11 is 0. The molecule has 234 valence electrons. The molecule has 44 heavy (non-hydrogen) atoms. The lowest BCUT2D eigenvalue weighted by atomic mass is 10.00. The van der Waals surface area contributed by atoms with Crippen LogP contribution in [0.2, 0.25) is 0 Å². The van der Waals surface area contributed by atoms with Crippen LogP contribution in [0.25, 0.3) is 0 Å². The summed E-state index contributed by atoms with van der Waals surface area (Å²) in [7, 11) is 3.22. The molecule has 0 radical (unpaired) electrons. The van der Waals surface area contributed by atoms with Crippen LogP contribution in [0.3, 0.4) is 0 Å². The first-order chi connectivity index (χ1) is 21.3. The summed E-state index contributed by atoms with van der Waals surface area (Å²) in [6.45, 7) is 2.26. The Bertz CT molecular complexity index is 1470. The van der Waals surface area contributed by atoms with E-state index in [9.17, 15) is 18.4 Å². The number of likely N-dealkylation sites (tertiary alicyclic amines) is 1. The zero-order chi connectivity index (χ0) is 31.1. The van der Waals surface area contributed by atoms with Crippen molar-refractivity contribution in [3.05, 3.63) is 89.0 Å². The molecule has 2 aliphatic heterocycles. The summed E-state index contributed by atoms with van der Waals surface area (Å²) in [5, 5.41) is 3.07. The van der Waals surface area contributed by atoms with Crippen molar-refractivity contribution in [1.82, 2.24) is 15.1 Å². The van der Waals surface area contributed by atoms with E-state index in [4.69, 9.17) is 18.9 Å². The standard InChI is InChI=1S/C33H37F2N3O6/c1-41-14-4-12-37-18-22-7-10-30(42-2)31(16-22)44-25-6-3-5-23(15-25)21-43-29-11-13-38(19-28(29)36-32(39)20-37)33(40)26-17-24(34)8-9-27(26)35/h3,5-10,15-17,28-29H,4,11-14,18-21H2,1-2H3,(H,36,39)/t28?,29-/m1/s1. The third kappa shape index (κ3) is 7.90. The molecule has 2 atom stereocenters. The molecule has 11 heteroatoms. The summed E-state index contributed by atoms with van der Waals surface area (Å²) in [5.41, 5.74) is 1.45. The summed E-state index contributed by atoms with van der Waals surface area (Å²) < 4.78 is 51.6. The zero-order valence-electron chi connectivity index (χ0n) is 24.9. The molecule has 0 aliphatic carbocycles. The number of benzene rings is 3. The third-order valence-electron chi connectivity index (χ3n) is 7.76. The summed E-state index contributed by atoms with van der Waals surface area (Å²) in [5.74, 6) is -0.615. The van der Waals surface area contributed by atoms with Crippen LogP contribution in [0.1, 0.15) is 34.3 Å². The van der Waals surface area contributed by atoms with E-state index in [-0.39, 0.29) is 37.7 Å². The van der Waals surface area contributed by atoms with E-state index in [1.54, 1.807) is 14.2 Å². The number of piperidine rings is 1. The van der Waals surface area contributed by atoms with E-state index in [2.05, 4.69) is 5.32 Å². The van der Waals surface area contributed by atoms with Crippen LogP contribution in [0.15, 0.2) is 60.7 Å². The number of amides is 2. The van der Waals surface area contributed by atoms with Gasteiger partial charge >= 0.3 is 0 Å². The maximum Gasteiger partial charge on any atom is 0.257 e. The molecule has 2 amide bonds. The van der Waals surface area contributed by atoms with Crippen LogP contribution >= 0.6 is 0 Å². The van der Waals surface area contributed by atoms with Crippen molar-refractivity contribution in [2.75, 3.05) is 47.0 Å². The molecular formula is C33H37F2N3O6. The van der Waals surface area contributed by atoms with Gasteiger partial charge in [-0.2, -0.15) is 0 Å². The summed E-state index contributed by atoms with van der Waals surface area (Å²) in [4.78, 5) is 30.2. The number of ether oxygens (including phenoxy) is 4. The molecule has 0 aromatic heterocycles. The highest BCUT2D eigenvalue weighted by molar-refractivity contribution is 5.94. The Balaban J connectivity index is 1.42. The molecule has 0 saturated carbocycles. The highest BCUT2D eigenvalue weighted by Crippen LogP contribution is 2.33. The van der Waals surface area contributed by atoms with Crippen molar-refractivity contribution in [2.24, 2.45) is 0 Å². The lowest BCUT2D eigenvalue weighted by Gasteiger charge is -2.39. The normalized spacial score (nSPS) is 19.5. The van der Waals surface area contributed by atoms with Gasteiger partial charge in [0.15, 0.2) is 11.5 Å². The lowest BCUT2D eigenvalue weighted by molar-refractivity contribution is -0.125. The molecule has 4 bridgehead atoms. The Morgan fingerprint density at radius 2 is 1.91 bits per heavy atom. The molecule has 3 aromatic rings. The molecule has 3 aromatic carbocycles. The second-order valence-corrected chi connectivity index (χ2v) is 11.0. The van der Waals surface area contributed by atoms with E-state index < -0.39 is 29.7 Å². The zero-order valence-corrected chi connectivity index (χ0v) is 24.9. The molecule has 0 spiro atoms. The molecule has 1 fully saturated rings. The van der Waals surface area contributed by atoms with Gasteiger partial charge in [0.2, 0.25) is 5.91 Å². The van der Waals surface area contributed by atoms with Crippen molar-refractivity contribution < 1.29 is 37.3 Å². The van der Waals surface area contributed by atoms with Crippen LogP contribution in [-0.2, 0) is 27.4 Å². The number of methoxy groups -OCH3 is 2. The van der Waals surface area contributed by atoms with Gasteiger partial charge in [-0.1, -0.05) is 18.2 Å². The van der Waals surface area contributed by atoms with Crippen molar-refractivity contribution in [3.8, 4) is 17.2 Å². The minimum Gasteiger partial charge on any atom is -0.493 e. The monoisotopic (exact) mass is 609 g/mol. The van der Waals surface area contributed by atoms with Crippen LogP contribution in [0.5, 0.6) is 17.2 Å². The van der Waals surface area contributed by atoms with Gasteiger partial charge in [-0.05, 0) is 66.4 Å². The summed E-state index contributed by atoms with van der Waals surface area (Å²) in [6, 6.07) is 15.4. The number of halogens is 2. The molecule has 1 saturated heterocycles. The fraction of sp³-hybridized carbons (Fsp3) is 0.394. The van der Waals surface area contributed by atoms with Crippen LogP contribution in [-0.4, -0.2) is 80.8 Å². The van der Waals surface area contributed by atoms with Crippen molar-refractivity contribution in [3.63, 3.8) is 0 Å². The van der Waals surface area contributed by atoms with Crippen LogP contribution < -0.4 is 14.8 Å². The largest absolute Gasteiger partial charge is 0.493 e. The molecule has 5 rings (SSSR count). The molecular weight excluding hydrogens is 572 g/mol. The van der Waals surface area contributed by atoms with E-state index in [1.165, 1.54) is 4.90 Å². The Labute approximate surface area is 255 Å². The van der Waals surface area contributed by atoms with Crippen molar-refractivity contribution in [1.29, 1.82) is 0 Å². The fourth-order valence-electron chi connectivity index (χ4n) is 5.57. The Morgan fingerprint density at radius 1 is 1.05 bits per heavy atom. The van der Waals surface area contributed by atoms with Crippen molar-refractivity contribution >= 4 is 11.8 Å². The van der Waals surface area contributed by atoms with Crippen LogP contribution in [0.4, 0.5) is 8.78 Å². The Morgan fingerprint density at radius 3 is 2.73 bits per heavy atom. The predicted molar refractivity (Wildman–Crippen MR) is 159 cm³/mol. The number of nitrogens with zero attached hydrogens (tertiary/aromatic N) is 2. The Kier molecular flexibility index (Phi) is 10.4. The Hall–Kier alpha value is -4.06. The molecule has 9 nitrogen and oxygen atoms in total. The molecule has 1 N–H and O–H groups in total. The van der Waals surface area contributed by atoms with Gasteiger partial charge < -0.3 is 29.2 Å². The van der Waals surface area contributed by atoms with E-state index in [0.717, 1.165) is 29.3 Å². The number of carbonyl (C=O) groups excluding carboxylic acids is 2. The predicted octanol–water partition coefficient (Wildman–Crippen LogP) is 4.53. The quantitative estimate of drug-likeness (QED) is 0.411. The smallest absolute Gasteiger partial charge is 0.257 e. The maximum atomic E-state index is 14.5. The minimum absolute atomic E-state index is 0.0832. The number of fused-ring (bicyclic) bond motifs is 5. The maximum absolute atomic E-state index is 14.5. The van der Waals surface area contributed by atoms with Gasteiger partial charge in [0.1, 0.15) is 17.4 Å². The summed E-state index contributed by atoms with van der Waals surface area (Å²) in [6.07, 6.45) is 0.683. The van der Waals surface area contributed by atoms with Crippen LogP contribution in [0, 0.1) is 11.6 Å². The van der Waals surface area contributed by atoms with Gasteiger partial charge in [0.25, 0.3) is 5.91 Å². The highest BCUT2D eigenvalue weighted by Gasteiger charge is 2.35. The van der Waals surface area contributed by atoms with Crippen molar-refractivity contribution in [2.45, 2.75) is 38.1 Å². The van der Waals surface area contributed by atoms with Gasteiger partial charge in [0.05, 0.1) is 38.0 Å². The minimum atomic E-state index is -0.799. The van der Waals surface area contributed by atoms with E-state index in [0.29, 0.717) is 49.8 Å². The molecule has 2 heterocycles. The first kappa shape index (κ1) is 31.4. The lowest BCUT2D eigenvalue weighted by Crippen LogP contribution is -2.58. The first-order valence-electron chi connectivity index (χ1n) is 14.6. The average molecular weight is 610 g/mol. The number of nitrogens with one attached hydrogen (secondary N) is 1. The molecule has 2 aliphatic rings. The van der Waals surface area contributed by atoms with Gasteiger partial charge in [-0.3, -0.25) is 14.5 Å². The third-order valence-corrected chi connectivity index (χ3v) is 7.76. The average Bonchev–Trinajstić information content (AvgIpc) is 3.01. The number of hydrogen-bond acceptors (Lipinski definition) is 7. The SMILES string of the molecule is COCCCN1CC(=O)NC2CN(C(=O)c3cc(F)ccc3F)CC[C@H]2OCc2cccc(c2)Oc2cc(ccc2OC)C1. The van der Waals surface area contributed by atoms with Gasteiger partial charge in [-0.15, -0.1) is 0 Å². The second kappa shape index (κ2) is 14.6. The van der Waals surface area contributed by atoms with Gasteiger partial charge in [-0.25, -0.2) is 8.78 Å². The highest BCUT2D eigenvalue weighted by atomic mass is 19.1. The molecule has 1 unspecified atom stereocenters. The topological polar surface area (TPSA) is 89.6 Å². The first-order valence-corrected chi connectivity index (χ1v) is 14.6. The second-order valence-electron chi connectivity index (χ2n) is 11.0. The fourth-order valence-corrected chi connectivity index (χ4v) is 5.57. The number of carbonyl (C=O) groups is 2. The van der Waals surface area contributed by atoms with Gasteiger partial charge in [0, 0.05) is 39.9 Å².